The number of halogens is 3. The van der Waals surface area contributed by atoms with Gasteiger partial charge in [0.25, 0.3) is 11.7 Å². The number of phenols is 1. The van der Waals surface area contributed by atoms with Crippen molar-refractivity contribution < 1.29 is 42.4 Å². The maximum Gasteiger partial charge on any atom is 0.416 e. The Morgan fingerprint density at radius 1 is 0.944 bits per heavy atom. The zero-order chi connectivity index (χ0) is 26.2. The molecule has 1 fully saturated rings. The highest BCUT2D eigenvalue weighted by Crippen LogP contribution is 2.44. The molecule has 0 spiro atoms. The number of carbonyl (C=O) groups is 2. The fraction of sp³-hybridized carbons (Fsp3) is 0.154. The molecule has 3 aromatic carbocycles. The van der Waals surface area contributed by atoms with Crippen molar-refractivity contribution in [2.75, 3.05) is 19.1 Å². The van der Waals surface area contributed by atoms with Gasteiger partial charge in [0.05, 0.1) is 37.0 Å². The highest BCUT2D eigenvalue weighted by molar-refractivity contribution is 6.51. The third-order valence-electron chi connectivity index (χ3n) is 5.77. The highest BCUT2D eigenvalue weighted by atomic mass is 19.4. The number of ether oxygens (including phenoxy) is 2. The number of amides is 1. The van der Waals surface area contributed by atoms with E-state index in [0.717, 1.165) is 23.1 Å². The second kappa shape index (κ2) is 9.29. The fourth-order valence-corrected chi connectivity index (χ4v) is 4.04. The van der Waals surface area contributed by atoms with Gasteiger partial charge in [-0.1, -0.05) is 18.2 Å². The van der Waals surface area contributed by atoms with Gasteiger partial charge in [-0.3, -0.25) is 14.5 Å². The first-order chi connectivity index (χ1) is 17.1. The van der Waals surface area contributed by atoms with Crippen LogP contribution in [-0.4, -0.2) is 36.1 Å². The molecule has 0 bridgehead atoms. The van der Waals surface area contributed by atoms with Crippen molar-refractivity contribution >= 4 is 23.1 Å². The Morgan fingerprint density at radius 3 is 2.25 bits per heavy atom. The van der Waals surface area contributed by atoms with Gasteiger partial charge in [0.2, 0.25) is 0 Å². The van der Waals surface area contributed by atoms with Gasteiger partial charge in [0.1, 0.15) is 23.0 Å². The first-order valence-electron chi connectivity index (χ1n) is 10.6. The summed E-state index contributed by atoms with van der Waals surface area (Å²) >= 11 is 0. The Bertz CT molecular complexity index is 1360. The molecule has 36 heavy (non-hydrogen) atoms. The van der Waals surface area contributed by atoms with Gasteiger partial charge in [-0.05, 0) is 48.0 Å². The van der Waals surface area contributed by atoms with E-state index in [4.69, 9.17) is 9.47 Å². The predicted octanol–water partition coefficient (Wildman–Crippen LogP) is 5.05. The third kappa shape index (κ3) is 4.33. The molecule has 7 nitrogen and oxygen atoms in total. The maximum atomic E-state index is 13.4. The normalized spacial score (nSPS) is 17.4. The summed E-state index contributed by atoms with van der Waals surface area (Å²) in [6.45, 7) is 0. The number of aliphatic hydroxyl groups excluding tert-OH is 1. The van der Waals surface area contributed by atoms with Crippen molar-refractivity contribution in [1.29, 1.82) is 0 Å². The smallest absolute Gasteiger partial charge is 0.416 e. The fourth-order valence-electron chi connectivity index (χ4n) is 4.04. The summed E-state index contributed by atoms with van der Waals surface area (Å²) in [5.41, 5.74) is -1.21. The van der Waals surface area contributed by atoms with Crippen LogP contribution in [0.3, 0.4) is 0 Å². The van der Waals surface area contributed by atoms with Crippen LogP contribution in [0.2, 0.25) is 0 Å². The molecule has 0 aliphatic carbocycles. The lowest BCUT2D eigenvalue weighted by Crippen LogP contribution is -2.29. The van der Waals surface area contributed by atoms with Crippen molar-refractivity contribution in [3.05, 3.63) is 89.0 Å². The number of ketones is 1. The van der Waals surface area contributed by atoms with Crippen molar-refractivity contribution in [3.63, 3.8) is 0 Å². The molecule has 1 aliphatic heterocycles. The Balaban J connectivity index is 1.96. The number of aromatic hydroxyl groups is 1. The van der Waals surface area contributed by atoms with E-state index in [1.165, 1.54) is 62.8 Å². The van der Waals surface area contributed by atoms with E-state index in [9.17, 15) is 33.0 Å². The molecule has 0 aromatic heterocycles. The van der Waals surface area contributed by atoms with Crippen LogP contribution < -0.4 is 14.4 Å². The number of benzene rings is 3. The molecule has 1 amide bonds. The Morgan fingerprint density at radius 2 is 1.64 bits per heavy atom. The summed E-state index contributed by atoms with van der Waals surface area (Å²) in [7, 11) is 2.77. The topological polar surface area (TPSA) is 96.3 Å². The average Bonchev–Trinajstić information content (AvgIpc) is 3.13. The summed E-state index contributed by atoms with van der Waals surface area (Å²) in [5, 5.41) is 21.0. The number of carbonyl (C=O) groups excluding carboxylic acids is 2. The number of hydrogen-bond donors (Lipinski definition) is 2. The van der Waals surface area contributed by atoms with E-state index in [1.807, 2.05) is 0 Å². The molecule has 1 atom stereocenters. The molecule has 4 rings (SSSR count). The molecular weight excluding hydrogens is 479 g/mol. The van der Waals surface area contributed by atoms with E-state index in [0.29, 0.717) is 5.75 Å². The van der Waals surface area contributed by atoms with Crippen LogP contribution in [0, 0.1) is 0 Å². The third-order valence-corrected chi connectivity index (χ3v) is 5.77. The number of anilines is 1. The number of alkyl halides is 3. The molecule has 1 unspecified atom stereocenters. The quantitative estimate of drug-likeness (QED) is 0.290. The van der Waals surface area contributed by atoms with Gasteiger partial charge in [-0.2, -0.15) is 13.2 Å². The molecule has 2 N–H and O–H groups in total. The van der Waals surface area contributed by atoms with Crippen molar-refractivity contribution in [2.45, 2.75) is 12.2 Å². The molecule has 0 saturated carbocycles. The molecule has 1 heterocycles. The minimum absolute atomic E-state index is 0.0733. The monoisotopic (exact) mass is 499 g/mol. The maximum absolute atomic E-state index is 13.4. The lowest BCUT2D eigenvalue weighted by atomic mass is 9.94. The largest absolute Gasteiger partial charge is 0.508 e. The average molecular weight is 499 g/mol. The minimum atomic E-state index is -4.69. The summed E-state index contributed by atoms with van der Waals surface area (Å²) in [4.78, 5) is 27.3. The van der Waals surface area contributed by atoms with Gasteiger partial charge < -0.3 is 19.7 Å². The van der Waals surface area contributed by atoms with Crippen molar-refractivity contribution in [2.24, 2.45) is 0 Å². The number of Topliss-reactive ketones (excluding diaryl/α,β-unsaturated/α-hetero) is 1. The van der Waals surface area contributed by atoms with Gasteiger partial charge in [-0.15, -0.1) is 0 Å². The SMILES string of the molecule is COc1ccc(/C(O)=C2/C(=O)C(=O)N(c3cccc(C(F)(F)F)c3)C2c2ccc(O)cc2)c(OC)c1. The number of nitrogens with zero attached hydrogens (tertiary/aromatic N) is 1. The summed E-state index contributed by atoms with van der Waals surface area (Å²) in [5.74, 6) is -2.36. The first kappa shape index (κ1) is 24.6. The summed E-state index contributed by atoms with van der Waals surface area (Å²) in [6, 6.07) is 12.5. The predicted molar refractivity (Wildman–Crippen MR) is 124 cm³/mol. The van der Waals surface area contributed by atoms with Gasteiger partial charge >= 0.3 is 6.18 Å². The van der Waals surface area contributed by atoms with Gasteiger partial charge in [0.15, 0.2) is 0 Å². The molecule has 1 aliphatic rings. The van der Waals surface area contributed by atoms with E-state index in [1.54, 1.807) is 0 Å². The second-order valence-corrected chi connectivity index (χ2v) is 7.87. The molecule has 1 saturated heterocycles. The zero-order valence-corrected chi connectivity index (χ0v) is 19.0. The van der Waals surface area contributed by atoms with Crippen molar-refractivity contribution in [1.82, 2.24) is 0 Å². The van der Waals surface area contributed by atoms with Crippen LogP contribution in [-0.2, 0) is 15.8 Å². The lowest BCUT2D eigenvalue weighted by Gasteiger charge is -2.26. The molecule has 10 heteroatoms. The number of hydrogen-bond acceptors (Lipinski definition) is 6. The number of aliphatic hydroxyl groups is 1. The Labute approximate surface area is 203 Å². The zero-order valence-electron chi connectivity index (χ0n) is 19.0. The van der Waals surface area contributed by atoms with Crippen molar-refractivity contribution in [3.8, 4) is 17.2 Å². The minimum Gasteiger partial charge on any atom is -0.508 e. The Kier molecular flexibility index (Phi) is 6.36. The van der Waals surface area contributed by atoms with E-state index < -0.39 is 35.2 Å². The summed E-state index contributed by atoms with van der Waals surface area (Å²) < 4.78 is 50.6. The molecule has 0 radical (unpaired) electrons. The molecule has 186 valence electrons. The molecular formula is C26H20F3NO6. The lowest BCUT2D eigenvalue weighted by molar-refractivity contribution is -0.137. The highest BCUT2D eigenvalue weighted by Gasteiger charge is 2.47. The van der Waals surface area contributed by atoms with Crippen LogP contribution >= 0.6 is 0 Å². The standard InChI is InChI=1S/C26H20F3NO6/c1-35-18-10-11-19(20(13-18)36-2)23(32)21-22(14-6-8-17(31)9-7-14)30(25(34)24(21)33)16-5-3-4-15(12-16)26(27,28)29/h3-13,22,31-32H,1-2H3/b23-21-. The van der Waals surface area contributed by atoms with Crippen LogP contribution in [0.5, 0.6) is 17.2 Å². The van der Waals surface area contributed by atoms with E-state index in [-0.39, 0.29) is 33.9 Å². The number of rotatable bonds is 5. The van der Waals surface area contributed by atoms with E-state index >= 15 is 0 Å². The number of phenolic OH excluding ortho intramolecular Hbond substituents is 1. The Hall–Kier alpha value is -4.47. The van der Waals surface area contributed by atoms with Crippen LogP contribution in [0.15, 0.2) is 72.3 Å². The second-order valence-electron chi connectivity index (χ2n) is 7.87. The van der Waals surface area contributed by atoms with Gasteiger partial charge in [0, 0.05) is 11.8 Å². The van der Waals surface area contributed by atoms with Crippen LogP contribution in [0.1, 0.15) is 22.7 Å². The first-order valence-corrected chi connectivity index (χ1v) is 10.6. The van der Waals surface area contributed by atoms with Crippen LogP contribution in [0.4, 0.5) is 18.9 Å². The van der Waals surface area contributed by atoms with E-state index in [2.05, 4.69) is 0 Å². The van der Waals surface area contributed by atoms with Gasteiger partial charge in [-0.25, -0.2) is 0 Å². The molecule has 3 aromatic rings. The van der Waals surface area contributed by atoms with Crippen LogP contribution in [0.25, 0.3) is 5.76 Å². The summed E-state index contributed by atoms with van der Waals surface area (Å²) in [6.07, 6.45) is -4.69. The number of methoxy groups -OCH3 is 2.